The molecule has 0 saturated heterocycles. The Morgan fingerprint density at radius 3 is 2.85 bits per heavy atom. The molecule has 5 nitrogen and oxygen atoms in total. The number of hydrogen-bond donors (Lipinski definition) is 1. The van der Waals surface area contributed by atoms with Crippen molar-refractivity contribution >= 4 is 27.4 Å². The third-order valence-electron chi connectivity index (χ3n) is 3.04. The summed E-state index contributed by atoms with van der Waals surface area (Å²) in [6.07, 6.45) is 1.62. The molecule has 20 heavy (non-hydrogen) atoms. The third-order valence-corrected chi connectivity index (χ3v) is 4.00. The number of aliphatic hydroxyl groups excluding tert-OH is 1. The first-order valence-corrected chi connectivity index (χ1v) is 7.61. The lowest BCUT2D eigenvalue weighted by molar-refractivity contribution is 0.0961. The molecule has 0 amide bonds. The first-order valence-electron chi connectivity index (χ1n) is 6.80. The average molecular weight is 295 g/mol. The molecule has 0 aromatic carbocycles. The zero-order valence-electron chi connectivity index (χ0n) is 12.2. The number of fused-ring (bicyclic) bond motifs is 1. The summed E-state index contributed by atoms with van der Waals surface area (Å²) in [5, 5.41) is 9.85. The molecule has 0 atom stereocenters. The van der Waals surface area contributed by atoms with Gasteiger partial charge in [0.15, 0.2) is 0 Å². The summed E-state index contributed by atoms with van der Waals surface area (Å²) in [5.74, 6) is 0.960. The van der Waals surface area contributed by atoms with Crippen molar-refractivity contribution in [3.63, 3.8) is 0 Å². The van der Waals surface area contributed by atoms with Crippen LogP contribution in [0, 0.1) is 6.92 Å². The highest BCUT2D eigenvalue weighted by Crippen LogP contribution is 2.30. The highest BCUT2D eigenvalue weighted by atomic mass is 32.1. The molecule has 0 radical (unpaired) electrons. The van der Waals surface area contributed by atoms with Gasteiger partial charge in [-0.2, -0.15) is 0 Å². The number of aryl methyl sites for hydroxylation is 1. The number of hydrogen-bond acceptors (Lipinski definition) is 6. The maximum absolute atomic E-state index is 8.74. The minimum absolute atomic E-state index is 0.0587. The van der Waals surface area contributed by atoms with Crippen LogP contribution in [0.15, 0.2) is 12.4 Å². The standard InChI is InChI=1S/C14H21N3O2S/c1-10(2)17(4-6-19-7-5-18)13-12-8-11(3)20-14(12)16-9-15-13/h8-10,18H,4-7H2,1-3H3. The summed E-state index contributed by atoms with van der Waals surface area (Å²) >= 11 is 1.69. The second-order valence-electron chi connectivity index (χ2n) is 4.90. The van der Waals surface area contributed by atoms with Gasteiger partial charge in [-0.15, -0.1) is 11.3 Å². The molecule has 0 bridgehead atoms. The van der Waals surface area contributed by atoms with E-state index in [4.69, 9.17) is 9.84 Å². The van der Waals surface area contributed by atoms with Gasteiger partial charge >= 0.3 is 0 Å². The fourth-order valence-electron chi connectivity index (χ4n) is 2.13. The van der Waals surface area contributed by atoms with Gasteiger partial charge in [0, 0.05) is 17.5 Å². The molecule has 6 heteroatoms. The van der Waals surface area contributed by atoms with Crippen molar-refractivity contribution in [3.8, 4) is 0 Å². The molecule has 0 spiro atoms. The largest absolute Gasteiger partial charge is 0.394 e. The van der Waals surface area contributed by atoms with Crippen LogP contribution in [0.5, 0.6) is 0 Å². The van der Waals surface area contributed by atoms with Gasteiger partial charge in [0.05, 0.1) is 25.2 Å². The number of thiophene rings is 1. The van der Waals surface area contributed by atoms with Crippen molar-refractivity contribution < 1.29 is 9.84 Å². The van der Waals surface area contributed by atoms with Gasteiger partial charge in [0.25, 0.3) is 0 Å². The molecule has 0 fully saturated rings. The summed E-state index contributed by atoms with van der Waals surface area (Å²) in [4.78, 5) is 13.3. The van der Waals surface area contributed by atoms with Crippen LogP contribution in [0.4, 0.5) is 5.82 Å². The number of aromatic nitrogens is 2. The van der Waals surface area contributed by atoms with E-state index in [1.807, 2.05) is 0 Å². The lowest BCUT2D eigenvalue weighted by Crippen LogP contribution is -2.35. The lowest BCUT2D eigenvalue weighted by atomic mass is 10.2. The maximum Gasteiger partial charge on any atom is 0.141 e. The molecule has 2 heterocycles. The highest BCUT2D eigenvalue weighted by Gasteiger charge is 2.16. The molecule has 0 saturated carbocycles. The van der Waals surface area contributed by atoms with Crippen molar-refractivity contribution in [1.29, 1.82) is 0 Å². The Hall–Kier alpha value is -1.24. The summed E-state index contributed by atoms with van der Waals surface area (Å²) in [7, 11) is 0. The van der Waals surface area contributed by atoms with Gasteiger partial charge in [-0.05, 0) is 26.8 Å². The van der Waals surface area contributed by atoms with Crippen LogP contribution in [-0.4, -0.2) is 47.5 Å². The Morgan fingerprint density at radius 2 is 2.15 bits per heavy atom. The fourth-order valence-corrected chi connectivity index (χ4v) is 2.97. The Kier molecular flexibility index (Phi) is 5.28. The van der Waals surface area contributed by atoms with Gasteiger partial charge < -0.3 is 14.7 Å². The van der Waals surface area contributed by atoms with Gasteiger partial charge in [-0.3, -0.25) is 0 Å². The van der Waals surface area contributed by atoms with E-state index in [0.717, 1.165) is 22.6 Å². The second-order valence-corrected chi connectivity index (χ2v) is 6.13. The van der Waals surface area contributed by atoms with Crippen LogP contribution >= 0.6 is 11.3 Å². The van der Waals surface area contributed by atoms with E-state index < -0.39 is 0 Å². The quantitative estimate of drug-likeness (QED) is 0.794. The first-order chi connectivity index (χ1) is 9.63. The monoisotopic (exact) mass is 295 g/mol. The van der Waals surface area contributed by atoms with E-state index in [9.17, 15) is 0 Å². The molecule has 0 aliphatic carbocycles. The third kappa shape index (κ3) is 3.45. The van der Waals surface area contributed by atoms with Crippen LogP contribution in [0.25, 0.3) is 10.2 Å². The zero-order chi connectivity index (χ0) is 14.5. The molecule has 1 N–H and O–H groups in total. The Bertz CT molecular complexity index is 556. The van der Waals surface area contributed by atoms with Crippen LogP contribution < -0.4 is 4.90 Å². The minimum atomic E-state index is 0.0587. The van der Waals surface area contributed by atoms with Crippen molar-refractivity contribution in [2.75, 3.05) is 31.3 Å². The molecule has 0 unspecified atom stereocenters. The number of aliphatic hydroxyl groups is 1. The zero-order valence-corrected chi connectivity index (χ0v) is 13.0. The van der Waals surface area contributed by atoms with E-state index in [1.165, 1.54) is 4.88 Å². The molecule has 2 aromatic rings. The molecule has 2 rings (SSSR count). The van der Waals surface area contributed by atoms with Gasteiger partial charge in [0.2, 0.25) is 0 Å². The van der Waals surface area contributed by atoms with Crippen molar-refractivity contribution in [1.82, 2.24) is 9.97 Å². The highest BCUT2D eigenvalue weighted by molar-refractivity contribution is 7.18. The van der Waals surface area contributed by atoms with Crippen LogP contribution in [-0.2, 0) is 4.74 Å². The fraction of sp³-hybridized carbons (Fsp3) is 0.571. The normalized spacial score (nSPS) is 11.4. The summed E-state index contributed by atoms with van der Waals surface area (Å²) in [6.45, 7) is 8.12. The van der Waals surface area contributed by atoms with Crippen molar-refractivity contribution in [3.05, 3.63) is 17.3 Å². The van der Waals surface area contributed by atoms with E-state index >= 15 is 0 Å². The van der Waals surface area contributed by atoms with E-state index in [0.29, 0.717) is 19.3 Å². The lowest BCUT2D eigenvalue weighted by Gasteiger charge is -2.28. The molecular weight excluding hydrogens is 274 g/mol. The Labute approximate surface area is 123 Å². The van der Waals surface area contributed by atoms with Gasteiger partial charge in [0.1, 0.15) is 17.0 Å². The second kappa shape index (κ2) is 6.97. The van der Waals surface area contributed by atoms with E-state index in [-0.39, 0.29) is 6.61 Å². The van der Waals surface area contributed by atoms with Crippen LogP contribution in [0.2, 0.25) is 0 Å². The van der Waals surface area contributed by atoms with Crippen LogP contribution in [0.1, 0.15) is 18.7 Å². The van der Waals surface area contributed by atoms with Gasteiger partial charge in [-0.25, -0.2) is 9.97 Å². The number of anilines is 1. The first kappa shape index (κ1) is 15.2. The summed E-state index contributed by atoms with van der Waals surface area (Å²) in [5.41, 5.74) is 0. The smallest absolute Gasteiger partial charge is 0.141 e. The molecule has 110 valence electrons. The molecule has 2 aromatic heterocycles. The summed E-state index contributed by atoms with van der Waals surface area (Å²) in [6, 6.07) is 2.46. The molecule has 0 aliphatic rings. The van der Waals surface area contributed by atoms with Crippen molar-refractivity contribution in [2.45, 2.75) is 26.8 Å². The van der Waals surface area contributed by atoms with Crippen molar-refractivity contribution in [2.24, 2.45) is 0 Å². The predicted octanol–water partition coefficient (Wildman–Crippen LogP) is 2.22. The topological polar surface area (TPSA) is 58.5 Å². The number of ether oxygens (including phenoxy) is 1. The number of nitrogens with zero attached hydrogens (tertiary/aromatic N) is 3. The van der Waals surface area contributed by atoms with E-state index in [1.54, 1.807) is 17.7 Å². The molecular formula is C14H21N3O2S. The number of rotatable bonds is 7. The SMILES string of the molecule is Cc1cc2c(N(CCOCCO)C(C)C)ncnc2s1. The Balaban J connectivity index is 2.22. The summed E-state index contributed by atoms with van der Waals surface area (Å²) < 4.78 is 5.37. The van der Waals surface area contributed by atoms with Gasteiger partial charge in [-0.1, -0.05) is 0 Å². The minimum Gasteiger partial charge on any atom is -0.394 e. The maximum atomic E-state index is 8.74. The average Bonchev–Trinajstić information content (AvgIpc) is 2.79. The Morgan fingerprint density at radius 1 is 1.35 bits per heavy atom. The predicted molar refractivity (Wildman–Crippen MR) is 82.5 cm³/mol. The van der Waals surface area contributed by atoms with E-state index in [2.05, 4.69) is 41.7 Å². The molecule has 0 aliphatic heterocycles. The van der Waals surface area contributed by atoms with Crippen LogP contribution in [0.3, 0.4) is 0 Å².